The van der Waals surface area contributed by atoms with Gasteiger partial charge in [-0.25, -0.2) is 17.6 Å². The fourth-order valence-corrected chi connectivity index (χ4v) is 1.40. The van der Waals surface area contributed by atoms with E-state index >= 15 is 0 Å². The highest BCUT2D eigenvalue weighted by Crippen LogP contribution is 2.56. The zero-order valence-electron chi connectivity index (χ0n) is 11.8. The Kier molecular flexibility index (Phi) is 6.58. The van der Waals surface area contributed by atoms with Gasteiger partial charge in [-0.3, -0.25) is 4.55 Å². The van der Waals surface area contributed by atoms with Gasteiger partial charge < -0.3 is 0 Å². The minimum Gasteiger partial charge on any atom is -0.281 e. The van der Waals surface area contributed by atoms with Crippen LogP contribution in [0.25, 0.3) is 0 Å². The third-order valence-electron chi connectivity index (χ3n) is 2.58. The normalized spacial score (nSPS) is 17.3. The van der Waals surface area contributed by atoms with Crippen molar-refractivity contribution in [1.29, 1.82) is 0 Å². The van der Waals surface area contributed by atoms with Crippen molar-refractivity contribution in [3.8, 4) is 0 Å². The SMILES string of the molecule is O=S(=O)(O)C(F)(F)/C(F)=C(F)/C(F)=C(\F)C(F)(F)C(F)(F)C(F)(F)C(F)(F)F. The molecule has 0 saturated heterocycles. The summed E-state index contributed by atoms with van der Waals surface area (Å²) in [6, 6.07) is 0. The molecule has 28 heavy (non-hydrogen) atoms. The van der Waals surface area contributed by atoms with Crippen molar-refractivity contribution in [3.05, 3.63) is 23.3 Å². The van der Waals surface area contributed by atoms with Crippen LogP contribution >= 0.6 is 0 Å². The average molecular weight is 474 g/mol. The van der Waals surface area contributed by atoms with E-state index in [0.717, 1.165) is 0 Å². The van der Waals surface area contributed by atoms with Crippen LogP contribution in [0.5, 0.6) is 0 Å². The molecule has 0 unspecified atom stereocenters. The Morgan fingerprint density at radius 3 is 1.21 bits per heavy atom. The van der Waals surface area contributed by atoms with Crippen molar-refractivity contribution in [2.75, 3.05) is 0 Å². The first-order chi connectivity index (χ1) is 11.9. The van der Waals surface area contributed by atoms with E-state index in [4.69, 9.17) is 4.55 Å². The summed E-state index contributed by atoms with van der Waals surface area (Å²) in [6.07, 6.45) is -7.52. The molecule has 0 aliphatic carbocycles. The Morgan fingerprint density at radius 1 is 0.607 bits per heavy atom. The zero-order valence-corrected chi connectivity index (χ0v) is 12.7. The minimum absolute atomic E-state index is 4.37. The summed E-state index contributed by atoms with van der Waals surface area (Å²) in [6.45, 7) is 0. The first-order valence-corrected chi connectivity index (χ1v) is 6.99. The average Bonchev–Trinajstić information content (AvgIpc) is 2.49. The number of alkyl halides is 11. The van der Waals surface area contributed by atoms with Crippen molar-refractivity contribution in [2.24, 2.45) is 0 Å². The van der Waals surface area contributed by atoms with Crippen molar-refractivity contribution in [3.63, 3.8) is 0 Å². The lowest BCUT2D eigenvalue weighted by atomic mass is 10.0. The summed E-state index contributed by atoms with van der Waals surface area (Å²) >= 11 is 0. The molecule has 0 aliphatic rings. The fourth-order valence-electron chi connectivity index (χ4n) is 1.08. The maximum atomic E-state index is 13.0. The molecule has 0 rings (SSSR count). The molecule has 3 nitrogen and oxygen atoms in total. The first-order valence-electron chi connectivity index (χ1n) is 5.55. The Bertz CT molecular complexity index is 788. The van der Waals surface area contributed by atoms with E-state index in [9.17, 15) is 74.3 Å². The van der Waals surface area contributed by atoms with Gasteiger partial charge in [-0.05, 0) is 0 Å². The molecular formula is C9HF15O3S. The lowest BCUT2D eigenvalue weighted by Gasteiger charge is -2.32. The van der Waals surface area contributed by atoms with Gasteiger partial charge in [0.2, 0.25) is 17.5 Å². The summed E-state index contributed by atoms with van der Waals surface area (Å²) in [5.41, 5.74) is 0. The molecule has 0 atom stereocenters. The number of hydrogen-bond donors (Lipinski definition) is 1. The van der Waals surface area contributed by atoms with E-state index in [-0.39, 0.29) is 0 Å². The smallest absolute Gasteiger partial charge is 0.281 e. The second-order valence-electron chi connectivity index (χ2n) is 4.47. The maximum absolute atomic E-state index is 13.0. The van der Waals surface area contributed by atoms with Gasteiger partial charge in [0.25, 0.3) is 0 Å². The maximum Gasteiger partial charge on any atom is 0.460 e. The lowest BCUT2D eigenvalue weighted by Crippen LogP contribution is -2.61. The van der Waals surface area contributed by atoms with Gasteiger partial charge in [0.1, 0.15) is 0 Å². The Labute approximate surface area is 142 Å². The van der Waals surface area contributed by atoms with Crippen LogP contribution in [0.4, 0.5) is 65.9 Å². The topological polar surface area (TPSA) is 54.4 Å². The van der Waals surface area contributed by atoms with Gasteiger partial charge in [0.05, 0.1) is 0 Å². The van der Waals surface area contributed by atoms with Gasteiger partial charge >= 0.3 is 39.3 Å². The number of allylic oxidation sites excluding steroid dienone is 3. The highest BCUT2D eigenvalue weighted by atomic mass is 32.2. The standard InChI is InChI=1S/C9HF15O3S/c10-1(2(11)4(13)6(16,17)28(25,26)27)3(12)5(14,15)7(18,19)8(20,21)9(22,23)24/h(H,25,26,27)/b3-1+,4-2+. The van der Waals surface area contributed by atoms with Crippen LogP contribution in [0, 0.1) is 0 Å². The van der Waals surface area contributed by atoms with Crippen LogP contribution in [0.2, 0.25) is 0 Å². The summed E-state index contributed by atoms with van der Waals surface area (Å²) in [5.74, 6) is -41.6. The van der Waals surface area contributed by atoms with Crippen LogP contribution < -0.4 is 0 Å². The third kappa shape index (κ3) is 3.90. The van der Waals surface area contributed by atoms with Crippen molar-refractivity contribution < 1.29 is 78.8 Å². The molecule has 0 radical (unpaired) electrons. The molecule has 1 N–H and O–H groups in total. The van der Waals surface area contributed by atoms with Crippen LogP contribution in [-0.4, -0.2) is 42.2 Å². The summed E-state index contributed by atoms with van der Waals surface area (Å²) in [4.78, 5) is 0. The Morgan fingerprint density at radius 2 is 0.929 bits per heavy atom. The lowest BCUT2D eigenvalue weighted by molar-refractivity contribution is -0.391. The molecule has 0 aliphatic heterocycles. The van der Waals surface area contributed by atoms with Crippen LogP contribution in [-0.2, 0) is 10.1 Å². The third-order valence-corrected chi connectivity index (χ3v) is 3.41. The van der Waals surface area contributed by atoms with Crippen LogP contribution in [0.3, 0.4) is 0 Å². The van der Waals surface area contributed by atoms with E-state index in [0.29, 0.717) is 0 Å². The predicted molar refractivity (Wildman–Crippen MR) is 55.9 cm³/mol. The monoisotopic (exact) mass is 474 g/mol. The Hall–Kier alpha value is -1.66. The molecule has 0 amide bonds. The van der Waals surface area contributed by atoms with Crippen LogP contribution in [0.15, 0.2) is 23.3 Å². The van der Waals surface area contributed by atoms with Gasteiger partial charge in [0, 0.05) is 0 Å². The first kappa shape index (κ1) is 26.3. The molecule has 0 spiro atoms. The molecule has 0 bridgehead atoms. The molecule has 0 fully saturated rings. The minimum atomic E-state index is -7.91. The zero-order chi connectivity index (χ0) is 23.3. The molecule has 166 valence electrons. The highest BCUT2D eigenvalue weighted by Gasteiger charge is 2.83. The van der Waals surface area contributed by atoms with E-state index in [1.807, 2.05) is 0 Å². The van der Waals surface area contributed by atoms with Crippen molar-refractivity contribution in [2.45, 2.75) is 29.2 Å². The van der Waals surface area contributed by atoms with Gasteiger partial charge in [-0.2, -0.15) is 56.7 Å². The fraction of sp³-hybridized carbons (Fsp3) is 0.556. The molecule has 0 aromatic carbocycles. The predicted octanol–water partition coefficient (Wildman–Crippen LogP) is 5.24. The van der Waals surface area contributed by atoms with Crippen molar-refractivity contribution >= 4 is 10.1 Å². The quantitative estimate of drug-likeness (QED) is 0.326. The van der Waals surface area contributed by atoms with E-state index in [1.165, 1.54) is 0 Å². The molecule has 19 heteroatoms. The summed E-state index contributed by atoms with van der Waals surface area (Å²) in [5, 5.41) is -6.53. The highest BCUT2D eigenvalue weighted by molar-refractivity contribution is 7.87. The molecule has 0 aromatic heterocycles. The van der Waals surface area contributed by atoms with Gasteiger partial charge in [-0.1, -0.05) is 0 Å². The number of halogens is 15. The van der Waals surface area contributed by atoms with Gasteiger partial charge in [-0.15, -0.1) is 0 Å². The Balaban J connectivity index is 6.70. The van der Waals surface area contributed by atoms with Crippen LogP contribution in [0.1, 0.15) is 0 Å². The molecule has 0 saturated carbocycles. The van der Waals surface area contributed by atoms with Crippen molar-refractivity contribution in [1.82, 2.24) is 0 Å². The van der Waals surface area contributed by atoms with Gasteiger partial charge in [0.15, 0.2) is 5.83 Å². The largest absolute Gasteiger partial charge is 0.460 e. The second kappa shape index (κ2) is 6.99. The molecule has 0 heterocycles. The van der Waals surface area contributed by atoms with E-state index in [2.05, 4.69) is 0 Å². The van der Waals surface area contributed by atoms with E-state index < -0.39 is 62.6 Å². The molecule has 0 aromatic rings. The number of hydrogen-bond acceptors (Lipinski definition) is 2. The molecular weight excluding hydrogens is 473 g/mol. The second-order valence-corrected chi connectivity index (χ2v) is 5.93. The summed E-state index contributed by atoms with van der Waals surface area (Å²) < 4.78 is 217. The summed E-state index contributed by atoms with van der Waals surface area (Å²) in [7, 11) is -7.03. The van der Waals surface area contributed by atoms with E-state index in [1.54, 1.807) is 0 Å². The number of rotatable bonds is 6.